The van der Waals surface area contributed by atoms with E-state index in [1.165, 1.54) is 7.11 Å². The third kappa shape index (κ3) is 3.00. The number of rotatable bonds is 3. The first-order valence-electron chi connectivity index (χ1n) is 6.13. The van der Waals surface area contributed by atoms with Gasteiger partial charge in [-0.3, -0.25) is 9.69 Å². The van der Waals surface area contributed by atoms with Crippen molar-refractivity contribution in [1.82, 2.24) is 9.88 Å². The van der Waals surface area contributed by atoms with Crippen LogP contribution in [-0.4, -0.2) is 35.5 Å². The number of methoxy groups -OCH3 is 1. The third-order valence-electron chi connectivity index (χ3n) is 3.30. The summed E-state index contributed by atoms with van der Waals surface area (Å²) in [7, 11) is 1.44. The maximum absolute atomic E-state index is 11.7. The van der Waals surface area contributed by atoms with Gasteiger partial charge in [-0.2, -0.15) is 0 Å². The zero-order valence-corrected chi connectivity index (χ0v) is 11.2. The normalized spacial score (nSPS) is 20.7. The summed E-state index contributed by atoms with van der Waals surface area (Å²) < 4.78 is 4.86. The molecule has 2 rings (SSSR count). The van der Waals surface area contributed by atoms with E-state index in [1.54, 1.807) is 6.20 Å². The second-order valence-electron chi connectivity index (χ2n) is 4.46. The number of esters is 1. The molecule has 0 bridgehead atoms. The van der Waals surface area contributed by atoms with Crippen molar-refractivity contribution in [2.75, 3.05) is 13.7 Å². The largest absolute Gasteiger partial charge is 0.468 e. The number of hydrogen-bond acceptors (Lipinski definition) is 4. The van der Waals surface area contributed by atoms with Gasteiger partial charge >= 0.3 is 5.97 Å². The SMILES string of the molecule is COC(=O)C1CCCCN1Cc1cccnc1Cl. The lowest BCUT2D eigenvalue weighted by Gasteiger charge is -2.33. The fraction of sp³-hybridized carbons (Fsp3) is 0.538. The molecule has 0 aliphatic carbocycles. The van der Waals surface area contributed by atoms with Gasteiger partial charge in [0.05, 0.1) is 7.11 Å². The molecule has 1 fully saturated rings. The Bertz CT molecular complexity index is 425. The lowest BCUT2D eigenvalue weighted by atomic mass is 10.0. The molecule has 4 nitrogen and oxygen atoms in total. The minimum atomic E-state index is -0.158. The zero-order valence-electron chi connectivity index (χ0n) is 10.4. The van der Waals surface area contributed by atoms with Gasteiger partial charge in [0, 0.05) is 18.3 Å². The lowest BCUT2D eigenvalue weighted by molar-refractivity contribution is -0.148. The van der Waals surface area contributed by atoms with Crippen LogP contribution in [0, 0.1) is 0 Å². The van der Waals surface area contributed by atoms with Crippen molar-refractivity contribution < 1.29 is 9.53 Å². The van der Waals surface area contributed by atoms with Crippen molar-refractivity contribution in [2.45, 2.75) is 31.8 Å². The number of nitrogens with zero attached hydrogens (tertiary/aromatic N) is 2. The Morgan fingerprint density at radius 1 is 1.61 bits per heavy atom. The fourth-order valence-electron chi connectivity index (χ4n) is 2.34. The molecule has 0 amide bonds. The molecule has 1 atom stereocenters. The predicted molar refractivity (Wildman–Crippen MR) is 69.3 cm³/mol. The van der Waals surface area contributed by atoms with Crippen LogP contribution in [0.5, 0.6) is 0 Å². The molecule has 1 aromatic rings. The van der Waals surface area contributed by atoms with E-state index >= 15 is 0 Å². The summed E-state index contributed by atoms with van der Waals surface area (Å²) in [6, 6.07) is 3.65. The predicted octanol–water partition coefficient (Wildman–Crippen LogP) is 2.26. The molecule has 0 saturated carbocycles. The topological polar surface area (TPSA) is 42.4 Å². The average Bonchev–Trinajstić information content (AvgIpc) is 2.41. The molecule has 18 heavy (non-hydrogen) atoms. The number of pyridine rings is 1. The molecule has 5 heteroatoms. The Labute approximate surface area is 112 Å². The van der Waals surface area contributed by atoms with Gasteiger partial charge in [-0.05, 0) is 25.5 Å². The molecule has 1 aliphatic rings. The van der Waals surface area contributed by atoms with Crippen LogP contribution in [0.15, 0.2) is 18.3 Å². The van der Waals surface area contributed by atoms with E-state index in [9.17, 15) is 4.79 Å². The Morgan fingerprint density at radius 2 is 2.44 bits per heavy atom. The highest BCUT2D eigenvalue weighted by Gasteiger charge is 2.29. The van der Waals surface area contributed by atoms with Crippen LogP contribution in [0.2, 0.25) is 5.15 Å². The highest BCUT2D eigenvalue weighted by atomic mass is 35.5. The smallest absolute Gasteiger partial charge is 0.323 e. The summed E-state index contributed by atoms with van der Waals surface area (Å²) in [6.45, 7) is 1.54. The molecule has 1 saturated heterocycles. The molecule has 1 aliphatic heterocycles. The highest BCUT2D eigenvalue weighted by Crippen LogP contribution is 2.22. The van der Waals surface area contributed by atoms with Gasteiger partial charge in [0.1, 0.15) is 11.2 Å². The van der Waals surface area contributed by atoms with Crippen molar-refractivity contribution in [3.63, 3.8) is 0 Å². The molecule has 98 valence electrons. The standard InChI is InChI=1S/C13H17ClN2O2/c1-18-13(17)11-6-2-3-8-16(11)9-10-5-4-7-15-12(10)14/h4-5,7,11H,2-3,6,8-9H2,1H3. The number of halogens is 1. The Morgan fingerprint density at radius 3 is 3.17 bits per heavy atom. The number of hydrogen-bond donors (Lipinski definition) is 0. The summed E-state index contributed by atoms with van der Waals surface area (Å²) in [5.41, 5.74) is 0.954. The minimum absolute atomic E-state index is 0.153. The number of carbonyl (C=O) groups excluding carboxylic acids is 1. The van der Waals surface area contributed by atoms with Crippen LogP contribution in [0.3, 0.4) is 0 Å². The van der Waals surface area contributed by atoms with Crippen LogP contribution >= 0.6 is 11.6 Å². The number of likely N-dealkylation sites (tertiary alicyclic amines) is 1. The molecule has 0 spiro atoms. The Kier molecular flexibility index (Phi) is 4.55. The molecule has 2 heterocycles. The minimum Gasteiger partial charge on any atom is -0.468 e. The van der Waals surface area contributed by atoms with Gasteiger partial charge in [0.2, 0.25) is 0 Å². The quantitative estimate of drug-likeness (QED) is 0.623. The lowest BCUT2D eigenvalue weighted by Crippen LogP contribution is -2.44. The molecular weight excluding hydrogens is 252 g/mol. The fourth-order valence-corrected chi connectivity index (χ4v) is 2.52. The van der Waals surface area contributed by atoms with Crippen LogP contribution in [0.25, 0.3) is 0 Å². The maximum atomic E-state index is 11.7. The Hall–Kier alpha value is -1.13. The van der Waals surface area contributed by atoms with Gasteiger partial charge in [-0.1, -0.05) is 24.1 Å². The number of carbonyl (C=O) groups is 1. The monoisotopic (exact) mass is 268 g/mol. The van der Waals surface area contributed by atoms with Crippen molar-refractivity contribution >= 4 is 17.6 Å². The van der Waals surface area contributed by atoms with Gasteiger partial charge in [-0.15, -0.1) is 0 Å². The third-order valence-corrected chi connectivity index (χ3v) is 3.64. The molecular formula is C13H17ClN2O2. The van der Waals surface area contributed by atoms with Crippen molar-refractivity contribution in [2.24, 2.45) is 0 Å². The van der Waals surface area contributed by atoms with Crippen LogP contribution in [0.1, 0.15) is 24.8 Å². The van der Waals surface area contributed by atoms with Gasteiger partial charge in [0.15, 0.2) is 0 Å². The maximum Gasteiger partial charge on any atom is 0.323 e. The summed E-state index contributed by atoms with van der Waals surface area (Å²) in [5.74, 6) is -0.158. The van der Waals surface area contributed by atoms with Crippen LogP contribution in [0.4, 0.5) is 0 Å². The number of piperidine rings is 1. The Balaban J connectivity index is 2.10. The highest BCUT2D eigenvalue weighted by molar-refractivity contribution is 6.30. The first kappa shape index (κ1) is 13.3. The van der Waals surface area contributed by atoms with Crippen LogP contribution < -0.4 is 0 Å². The molecule has 0 aromatic carbocycles. The first-order chi connectivity index (χ1) is 8.72. The van der Waals surface area contributed by atoms with Crippen LogP contribution in [-0.2, 0) is 16.1 Å². The molecule has 0 N–H and O–H groups in total. The second-order valence-corrected chi connectivity index (χ2v) is 4.82. The summed E-state index contributed by atoms with van der Waals surface area (Å²) in [4.78, 5) is 17.9. The molecule has 0 radical (unpaired) electrons. The van der Waals surface area contributed by atoms with Gasteiger partial charge in [0.25, 0.3) is 0 Å². The average molecular weight is 269 g/mol. The number of aromatic nitrogens is 1. The summed E-state index contributed by atoms with van der Waals surface area (Å²) in [5, 5.41) is 0.506. The van der Waals surface area contributed by atoms with E-state index in [0.717, 1.165) is 31.4 Å². The van der Waals surface area contributed by atoms with E-state index in [-0.39, 0.29) is 12.0 Å². The molecule has 1 unspecified atom stereocenters. The van der Waals surface area contributed by atoms with Crippen molar-refractivity contribution in [3.05, 3.63) is 29.0 Å². The summed E-state index contributed by atoms with van der Waals surface area (Å²) >= 11 is 6.05. The van der Waals surface area contributed by atoms with Gasteiger partial charge < -0.3 is 4.74 Å². The molecule has 1 aromatic heterocycles. The first-order valence-corrected chi connectivity index (χ1v) is 6.51. The van der Waals surface area contributed by atoms with E-state index in [0.29, 0.717) is 11.7 Å². The zero-order chi connectivity index (χ0) is 13.0. The second kappa shape index (κ2) is 6.16. The number of ether oxygens (including phenoxy) is 1. The van der Waals surface area contributed by atoms with Crippen molar-refractivity contribution in [3.8, 4) is 0 Å². The summed E-state index contributed by atoms with van der Waals surface area (Å²) in [6.07, 6.45) is 4.69. The van der Waals surface area contributed by atoms with E-state index in [1.807, 2.05) is 12.1 Å². The van der Waals surface area contributed by atoms with Gasteiger partial charge in [-0.25, -0.2) is 4.98 Å². The van der Waals surface area contributed by atoms with E-state index < -0.39 is 0 Å². The van der Waals surface area contributed by atoms with E-state index in [4.69, 9.17) is 16.3 Å². The van der Waals surface area contributed by atoms with Crippen molar-refractivity contribution in [1.29, 1.82) is 0 Å². The van der Waals surface area contributed by atoms with E-state index in [2.05, 4.69) is 9.88 Å².